The summed E-state index contributed by atoms with van der Waals surface area (Å²) >= 11 is 0. The number of amides is 1. The molecule has 1 aromatic rings. The Morgan fingerprint density at radius 1 is 1.19 bits per heavy atom. The highest BCUT2D eigenvalue weighted by atomic mass is 32.2. The quantitative estimate of drug-likeness (QED) is 0.755. The molecular formula is C18H25F3N2O3S. The van der Waals surface area contributed by atoms with Crippen molar-refractivity contribution in [2.45, 2.75) is 36.8 Å². The Morgan fingerprint density at radius 3 is 2.30 bits per heavy atom. The highest BCUT2D eigenvalue weighted by molar-refractivity contribution is 7.90. The zero-order valence-electron chi connectivity index (χ0n) is 15.3. The summed E-state index contributed by atoms with van der Waals surface area (Å²) in [4.78, 5) is 13.6. The predicted octanol–water partition coefficient (Wildman–Crippen LogP) is 2.41. The SMILES string of the molecule is CS(=O)(=O)c1ccc(CCC(=O)NCC2CCN(CC(F)(F)F)CC2)cc1. The van der Waals surface area contributed by atoms with E-state index in [4.69, 9.17) is 0 Å². The summed E-state index contributed by atoms with van der Waals surface area (Å²) in [5.41, 5.74) is 0.873. The number of piperidine rings is 1. The minimum absolute atomic E-state index is 0.111. The number of hydrogen-bond donors (Lipinski definition) is 1. The molecule has 0 radical (unpaired) electrons. The van der Waals surface area contributed by atoms with Crippen LogP contribution in [0.25, 0.3) is 0 Å². The van der Waals surface area contributed by atoms with Gasteiger partial charge in [0.2, 0.25) is 5.91 Å². The summed E-state index contributed by atoms with van der Waals surface area (Å²) in [6.07, 6.45) is -0.957. The summed E-state index contributed by atoms with van der Waals surface area (Å²) in [6.45, 7) is 0.398. The van der Waals surface area contributed by atoms with Gasteiger partial charge < -0.3 is 5.32 Å². The molecule has 2 rings (SSSR count). The molecule has 0 aromatic heterocycles. The maximum Gasteiger partial charge on any atom is 0.401 e. The monoisotopic (exact) mass is 406 g/mol. The second-order valence-corrected chi connectivity index (χ2v) is 9.07. The highest BCUT2D eigenvalue weighted by Gasteiger charge is 2.32. The van der Waals surface area contributed by atoms with Gasteiger partial charge in [-0.3, -0.25) is 9.69 Å². The first kappa shape index (κ1) is 21.7. The number of carbonyl (C=O) groups is 1. The Hall–Kier alpha value is -1.61. The average molecular weight is 406 g/mol. The van der Waals surface area contributed by atoms with Crippen LogP contribution in [0.2, 0.25) is 0 Å². The first-order chi connectivity index (χ1) is 12.5. The van der Waals surface area contributed by atoms with Crippen molar-refractivity contribution in [1.29, 1.82) is 0 Å². The molecule has 1 aliphatic rings. The lowest BCUT2D eigenvalue weighted by Gasteiger charge is -2.32. The third-order valence-corrected chi connectivity index (χ3v) is 5.82. The predicted molar refractivity (Wildman–Crippen MR) is 96.1 cm³/mol. The number of nitrogens with one attached hydrogen (secondary N) is 1. The molecule has 152 valence electrons. The Kier molecular flexibility index (Phi) is 7.27. The number of halogens is 3. The van der Waals surface area contributed by atoms with Gasteiger partial charge in [0.25, 0.3) is 0 Å². The molecule has 1 fully saturated rings. The van der Waals surface area contributed by atoms with Gasteiger partial charge in [0.05, 0.1) is 11.4 Å². The lowest BCUT2D eigenvalue weighted by atomic mass is 9.96. The number of carbonyl (C=O) groups excluding carboxylic acids is 1. The summed E-state index contributed by atoms with van der Waals surface area (Å²) in [5.74, 6) is 0.0902. The van der Waals surface area contributed by atoms with Crippen LogP contribution >= 0.6 is 0 Å². The van der Waals surface area contributed by atoms with Gasteiger partial charge >= 0.3 is 6.18 Å². The Morgan fingerprint density at radius 2 is 1.78 bits per heavy atom. The van der Waals surface area contributed by atoms with E-state index in [1.807, 2.05) is 0 Å². The number of likely N-dealkylation sites (tertiary alicyclic amines) is 1. The molecule has 1 heterocycles. The van der Waals surface area contributed by atoms with E-state index in [0.29, 0.717) is 38.9 Å². The third-order valence-electron chi connectivity index (χ3n) is 4.69. The number of benzene rings is 1. The van der Waals surface area contributed by atoms with E-state index in [0.717, 1.165) is 11.8 Å². The van der Waals surface area contributed by atoms with E-state index < -0.39 is 22.6 Å². The number of hydrogen-bond acceptors (Lipinski definition) is 4. The molecule has 1 aliphatic heterocycles. The van der Waals surface area contributed by atoms with Crippen LogP contribution < -0.4 is 5.32 Å². The molecule has 27 heavy (non-hydrogen) atoms. The van der Waals surface area contributed by atoms with E-state index in [-0.39, 0.29) is 23.1 Å². The first-order valence-corrected chi connectivity index (χ1v) is 10.8. The second-order valence-electron chi connectivity index (χ2n) is 7.05. The fourth-order valence-corrected chi connectivity index (χ4v) is 3.74. The van der Waals surface area contributed by atoms with Gasteiger partial charge in [0.15, 0.2) is 9.84 Å². The van der Waals surface area contributed by atoms with E-state index in [1.165, 1.54) is 17.0 Å². The summed E-state index contributed by atoms with van der Waals surface area (Å²) in [7, 11) is -3.23. The van der Waals surface area contributed by atoms with Crippen LogP contribution in [0.5, 0.6) is 0 Å². The minimum Gasteiger partial charge on any atom is -0.356 e. The largest absolute Gasteiger partial charge is 0.401 e. The highest BCUT2D eigenvalue weighted by Crippen LogP contribution is 2.22. The topological polar surface area (TPSA) is 66.5 Å². The fraction of sp³-hybridized carbons (Fsp3) is 0.611. The van der Waals surface area contributed by atoms with Crippen LogP contribution in [0.15, 0.2) is 29.2 Å². The number of rotatable bonds is 7. The third kappa shape index (κ3) is 7.88. The molecule has 0 bridgehead atoms. The summed E-state index contributed by atoms with van der Waals surface area (Å²) in [6, 6.07) is 6.44. The Balaban J connectivity index is 1.67. The minimum atomic E-state index is -4.17. The van der Waals surface area contributed by atoms with Crippen LogP contribution in [-0.2, 0) is 21.1 Å². The van der Waals surface area contributed by atoms with E-state index in [1.54, 1.807) is 12.1 Å². The first-order valence-electron chi connectivity index (χ1n) is 8.88. The molecule has 9 heteroatoms. The van der Waals surface area contributed by atoms with Gasteiger partial charge in [0, 0.05) is 19.2 Å². The summed E-state index contributed by atoms with van der Waals surface area (Å²) in [5, 5.41) is 2.85. The van der Waals surface area contributed by atoms with E-state index in [9.17, 15) is 26.4 Å². The molecule has 1 N–H and O–H groups in total. The van der Waals surface area contributed by atoms with Gasteiger partial charge in [-0.2, -0.15) is 13.2 Å². The molecule has 0 aliphatic carbocycles. The number of aryl methyl sites for hydroxylation is 1. The van der Waals surface area contributed by atoms with Gasteiger partial charge in [-0.1, -0.05) is 12.1 Å². The number of alkyl halides is 3. The number of nitrogens with zero attached hydrogens (tertiary/aromatic N) is 1. The normalized spacial score (nSPS) is 17.0. The van der Waals surface area contributed by atoms with Crippen molar-refractivity contribution >= 4 is 15.7 Å². The van der Waals surface area contributed by atoms with Gasteiger partial charge in [0.1, 0.15) is 0 Å². The molecule has 1 saturated heterocycles. The maximum absolute atomic E-state index is 12.4. The standard InChI is InChI=1S/C18H25F3N2O3S/c1-27(25,26)16-5-2-14(3-6-16)4-7-17(24)22-12-15-8-10-23(11-9-15)13-18(19,20)21/h2-3,5-6,15H,4,7-13H2,1H3,(H,22,24). The van der Waals surface area contributed by atoms with Gasteiger partial charge in [-0.15, -0.1) is 0 Å². The van der Waals surface area contributed by atoms with Crippen LogP contribution in [0.1, 0.15) is 24.8 Å². The zero-order valence-corrected chi connectivity index (χ0v) is 16.1. The van der Waals surface area contributed by atoms with Crippen molar-refractivity contribution in [2.24, 2.45) is 5.92 Å². The zero-order chi connectivity index (χ0) is 20.1. The van der Waals surface area contributed by atoms with Crippen molar-refractivity contribution in [2.75, 3.05) is 32.4 Å². The van der Waals surface area contributed by atoms with Crippen LogP contribution in [0.4, 0.5) is 13.2 Å². The van der Waals surface area contributed by atoms with E-state index in [2.05, 4.69) is 5.32 Å². The van der Waals surface area contributed by atoms with Gasteiger partial charge in [-0.25, -0.2) is 8.42 Å². The molecule has 5 nitrogen and oxygen atoms in total. The average Bonchev–Trinajstić information content (AvgIpc) is 2.57. The van der Waals surface area contributed by atoms with Crippen molar-refractivity contribution in [3.8, 4) is 0 Å². The Bertz CT molecular complexity index is 725. The lowest BCUT2D eigenvalue weighted by Crippen LogP contribution is -2.42. The smallest absolute Gasteiger partial charge is 0.356 e. The van der Waals surface area contributed by atoms with Crippen LogP contribution in [0, 0.1) is 5.92 Å². The van der Waals surface area contributed by atoms with Crippen molar-refractivity contribution in [1.82, 2.24) is 10.2 Å². The van der Waals surface area contributed by atoms with Gasteiger partial charge in [-0.05, 0) is 56.0 Å². The lowest BCUT2D eigenvalue weighted by molar-refractivity contribution is -0.148. The Labute approximate surface area is 157 Å². The molecular weight excluding hydrogens is 381 g/mol. The molecule has 1 amide bonds. The molecule has 0 atom stereocenters. The fourth-order valence-electron chi connectivity index (χ4n) is 3.11. The van der Waals surface area contributed by atoms with Crippen LogP contribution in [0.3, 0.4) is 0 Å². The molecule has 0 saturated carbocycles. The second kappa shape index (κ2) is 9.05. The van der Waals surface area contributed by atoms with Crippen molar-refractivity contribution < 1.29 is 26.4 Å². The summed E-state index contributed by atoms with van der Waals surface area (Å²) < 4.78 is 59.9. The molecule has 1 aromatic carbocycles. The number of sulfone groups is 1. The van der Waals surface area contributed by atoms with E-state index >= 15 is 0 Å². The molecule has 0 spiro atoms. The van der Waals surface area contributed by atoms with Crippen molar-refractivity contribution in [3.63, 3.8) is 0 Å². The maximum atomic E-state index is 12.4. The van der Waals surface area contributed by atoms with Crippen molar-refractivity contribution in [3.05, 3.63) is 29.8 Å². The molecule has 0 unspecified atom stereocenters. The van der Waals surface area contributed by atoms with Crippen LogP contribution in [-0.4, -0.2) is 57.8 Å².